The molecule has 0 aromatic heterocycles. The van der Waals surface area contributed by atoms with Gasteiger partial charge in [-0.05, 0) is 47.2 Å². The summed E-state index contributed by atoms with van der Waals surface area (Å²) >= 11 is 5.90. The van der Waals surface area contributed by atoms with Crippen molar-refractivity contribution in [2.75, 3.05) is 11.4 Å². The lowest BCUT2D eigenvalue weighted by Gasteiger charge is -2.17. The maximum absolute atomic E-state index is 12.6. The minimum atomic E-state index is -0.211. The van der Waals surface area contributed by atoms with Gasteiger partial charge in [0.15, 0.2) is 0 Å². The van der Waals surface area contributed by atoms with Crippen molar-refractivity contribution in [1.29, 1.82) is 0 Å². The number of hydrogen-bond acceptors (Lipinski definition) is 2. The number of fused-ring (bicyclic) bond motifs is 1. The van der Waals surface area contributed by atoms with Crippen LogP contribution < -0.4 is 10.2 Å². The fraction of sp³-hybridized carbons (Fsp3) is 0.143. The molecule has 1 heterocycles. The summed E-state index contributed by atoms with van der Waals surface area (Å²) < 4.78 is 0. The summed E-state index contributed by atoms with van der Waals surface area (Å²) in [6.45, 7) is 0.458. The lowest BCUT2D eigenvalue weighted by atomic mass is 10.1. The molecule has 0 spiro atoms. The Morgan fingerprint density at radius 2 is 1.73 bits per heavy atom. The molecule has 1 saturated heterocycles. The number of benzene rings is 3. The molecule has 0 radical (unpaired) electrons. The van der Waals surface area contributed by atoms with Crippen molar-refractivity contribution < 1.29 is 9.59 Å². The highest BCUT2D eigenvalue weighted by molar-refractivity contribution is 6.30. The molecule has 1 N–H and O–H groups in total. The smallest absolute Gasteiger partial charge is 0.251 e. The molecule has 3 aromatic rings. The van der Waals surface area contributed by atoms with Crippen molar-refractivity contribution in [2.45, 2.75) is 12.5 Å². The van der Waals surface area contributed by atoms with Crippen molar-refractivity contribution >= 4 is 39.9 Å². The number of hydrogen-bond donors (Lipinski definition) is 1. The number of carbonyl (C=O) groups excluding carboxylic acids is 2. The third-order valence-electron chi connectivity index (χ3n) is 4.61. The van der Waals surface area contributed by atoms with Crippen LogP contribution in [0.3, 0.4) is 0 Å². The summed E-state index contributed by atoms with van der Waals surface area (Å²) in [6.07, 6.45) is 0.294. The van der Waals surface area contributed by atoms with E-state index in [2.05, 4.69) is 5.32 Å². The number of halogens is 1. The molecule has 0 saturated carbocycles. The van der Waals surface area contributed by atoms with Crippen LogP contribution >= 0.6 is 11.6 Å². The van der Waals surface area contributed by atoms with Gasteiger partial charge in [0.25, 0.3) is 5.91 Å². The van der Waals surface area contributed by atoms with Crippen LogP contribution in [0.2, 0.25) is 5.02 Å². The molecule has 1 atom stereocenters. The zero-order valence-corrected chi connectivity index (χ0v) is 14.7. The summed E-state index contributed by atoms with van der Waals surface area (Å²) in [5.41, 5.74) is 1.39. The van der Waals surface area contributed by atoms with Gasteiger partial charge in [-0.25, -0.2) is 0 Å². The fourth-order valence-electron chi connectivity index (χ4n) is 3.27. The van der Waals surface area contributed by atoms with Crippen LogP contribution in [-0.2, 0) is 4.79 Å². The van der Waals surface area contributed by atoms with Crippen molar-refractivity contribution in [3.8, 4) is 0 Å². The third kappa shape index (κ3) is 3.28. The number of nitrogens with one attached hydrogen (secondary N) is 1. The Hall–Kier alpha value is -2.85. The monoisotopic (exact) mass is 364 g/mol. The number of anilines is 1. The van der Waals surface area contributed by atoms with Crippen molar-refractivity contribution in [2.24, 2.45) is 0 Å². The normalized spacial score (nSPS) is 16.9. The van der Waals surface area contributed by atoms with E-state index in [1.807, 2.05) is 54.6 Å². The first-order valence-electron chi connectivity index (χ1n) is 8.46. The molecule has 5 heteroatoms. The molecule has 0 bridgehead atoms. The van der Waals surface area contributed by atoms with Crippen molar-refractivity contribution in [3.05, 3.63) is 77.3 Å². The van der Waals surface area contributed by atoms with Gasteiger partial charge in [0.1, 0.15) is 0 Å². The highest BCUT2D eigenvalue weighted by Gasteiger charge is 2.31. The SMILES string of the molecule is O=C(NC1CC(=O)N(c2ccc(Cl)cc2)C1)c1ccc2ccccc2c1. The maximum atomic E-state index is 12.6. The maximum Gasteiger partial charge on any atom is 0.251 e. The number of rotatable bonds is 3. The topological polar surface area (TPSA) is 49.4 Å². The largest absolute Gasteiger partial charge is 0.347 e. The van der Waals surface area contributed by atoms with E-state index in [0.717, 1.165) is 16.5 Å². The number of carbonyl (C=O) groups is 2. The lowest BCUT2D eigenvalue weighted by molar-refractivity contribution is -0.117. The second-order valence-electron chi connectivity index (χ2n) is 6.42. The molecule has 1 aliphatic rings. The summed E-state index contributed by atoms with van der Waals surface area (Å²) in [4.78, 5) is 26.6. The molecule has 4 nitrogen and oxygen atoms in total. The van der Waals surface area contributed by atoms with Crippen LogP contribution in [0.15, 0.2) is 66.7 Å². The van der Waals surface area contributed by atoms with Crippen molar-refractivity contribution in [3.63, 3.8) is 0 Å². The molecule has 0 aliphatic carbocycles. The highest BCUT2D eigenvalue weighted by atomic mass is 35.5. The summed E-state index contributed by atoms with van der Waals surface area (Å²) in [7, 11) is 0. The van der Waals surface area contributed by atoms with Crippen LogP contribution in [0, 0.1) is 0 Å². The van der Waals surface area contributed by atoms with Crippen molar-refractivity contribution in [1.82, 2.24) is 5.32 Å². The fourth-order valence-corrected chi connectivity index (χ4v) is 3.40. The van der Waals surface area contributed by atoms with Crippen LogP contribution in [0.5, 0.6) is 0 Å². The first kappa shape index (κ1) is 16.6. The van der Waals surface area contributed by atoms with Gasteiger partial charge in [0.2, 0.25) is 5.91 Å². The summed E-state index contributed by atoms with van der Waals surface area (Å²) in [6, 6.07) is 20.5. The summed E-state index contributed by atoms with van der Waals surface area (Å²) in [5.74, 6) is -0.164. The Morgan fingerprint density at radius 1 is 1.00 bits per heavy atom. The number of nitrogens with zero attached hydrogens (tertiary/aromatic N) is 1. The van der Waals surface area contributed by atoms with E-state index < -0.39 is 0 Å². The number of amides is 2. The Labute approximate surface area is 156 Å². The van der Waals surface area contributed by atoms with Gasteiger partial charge in [-0.1, -0.05) is 41.9 Å². The average Bonchev–Trinajstić information content (AvgIpc) is 3.02. The summed E-state index contributed by atoms with van der Waals surface area (Å²) in [5, 5.41) is 5.71. The Morgan fingerprint density at radius 3 is 2.50 bits per heavy atom. The quantitative estimate of drug-likeness (QED) is 0.762. The molecule has 1 aliphatic heterocycles. The molecule has 3 aromatic carbocycles. The Balaban J connectivity index is 1.47. The van der Waals surface area contributed by atoms with E-state index >= 15 is 0 Å². The van der Waals surface area contributed by atoms with Crippen LogP contribution in [0.25, 0.3) is 10.8 Å². The van der Waals surface area contributed by atoms with E-state index in [-0.39, 0.29) is 17.9 Å². The van der Waals surface area contributed by atoms with Gasteiger partial charge in [-0.2, -0.15) is 0 Å². The average molecular weight is 365 g/mol. The standard InChI is InChI=1S/C21H17ClN2O2/c22-17-7-9-19(10-8-17)24-13-18(12-20(24)25)23-21(26)16-6-5-14-3-1-2-4-15(14)11-16/h1-11,18H,12-13H2,(H,23,26). The van der Waals surface area contributed by atoms with Gasteiger partial charge in [-0.15, -0.1) is 0 Å². The zero-order chi connectivity index (χ0) is 18.1. The van der Waals surface area contributed by atoms with Gasteiger partial charge in [0, 0.05) is 29.2 Å². The molecular formula is C21H17ClN2O2. The molecule has 1 unspecified atom stereocenters. The minimum absolute atomic E-state index is 0.00358. The lowest BCUT2D eigenvalue weighted by Crippen LogP contribution is -2.37. The van der Waals surface area contributed by atoms with Gasteiger partial charge in [-0.3, -0.25) is 9.59 Å². The second kappa shape index (κ2) is 6.81. The van der Waals surface area contributed by atoms with Gasteiger partial charge < -0.3 is 10.2 Å². The third-order valence-corrected chi connectivity index (χ3v) is 4.86. The van der Waals surface area contributed by atoms with Crippen LogP contribution in [0.1, 0.15) is 16.8 Å². The predicted molar refractivity (Wildman–Crippen MR) is 104 cm³/mol. The molecule has 26 heavy (non-hydrogen) atoms. The molecule has 1 fully saturated rings. The van der Waals surface area contributed by atoms with E-state index in [4.69, 9.17) is 11.6 Å². The zero-order valence-electron chi connectivity index (χ0n) is 14.0. The van der Waals surface area contributed by atoms with E-state index in [1.165, 1.54) is 0 Å². The van der Waals surface area contributed by atoms with Gasteiger partial charge in [0.05, 0.1) is 6.04 Å². The Kier molecular flexibility index (Phi) is 4.35. The predicted octanol–water partition coefficient (Wildman–Crippen LogP) is 4.03. The van der Waals surface area contributed by atoms with E-state index in [0.29, 0.717) is 23.6 Å². The first-order chi connectivity index (χ1) is 12.6. The molecule has 4 rings (SSSR count). The minimum Gasteiger partial charge on any atom is -0.347 e. The first-order valence-corrected chi connectivity index (χ1v) is 8.83. The Bertz CT molecular complexity index is 985. The van der Waals surface area contributed by atoms with Crippen LogP contribution in [-0.4, -0.2) is 24.4 Å². The van der Waals surface area contributed by atoms with Gasteiger partial charge >= 0.3 is 0 Å². The molecular weight excluding hydrogens is 348 g/mol. The molecule has 2 amide bonds. The highest BCUT2D eigenvalue weighted by Crippen LogP contribution is 2.24. The van der Waals surface area contributed by atoms with E-state index in [1.54, 1.807) is 17.0 Å². The molecule has 130 valence electrons. The van der Waals surface area contributed by atoms with E-state index in [9.17, 15) is 9.59 Å². The second-order valence-corrected chi connectivity index (χ2v) is 6.85. The van der Waals surface area contributed by atoms with Crippen LogP contribution in [0.4, 0.5) is 5.69 Å².